The number of Topliss-reactive ketones (excluding diaryl/α,β-unsaturated/α-hetero) is 1. The van der Waals surface area contributed by atoms with Crippen LogP contribution in [0.15, 0.2) is 30.5 Å². The lowest BCUT2D eigenvalue weighted by Crippen LogP contribution is -2.36. The summed E-state index contributed by atoms with van der Waals surface area (Å²) in [6.07, 6.45) is 3.96. The van der Waals surface area contributed by atoms with Gasteiger partial charge in [0, 0.05) is 35.8 Å². The summed E-state index contributed by atoms with van der Waals surface area (Å²) in [5.41, 5.74) is 1.55. The molecule has 1 aliphatic rings. The molecule has 5 nitrogen and oxygen atoms in total. The van der Waals surface area contributed by atoms with Crippen LogP contribution in [0.1, 0.15) is 43.1 Å². The summed E-state index contributed by atoms with van der Waals surface area (Å²) in [7, 11) is 0. The van der Waals surface area contributed by atoms with Crippen molar-refractivity contribution in [2.24, 2.45) is 0 Å². The van der Waals surface area contributed by atoms with Crippen LogP contribution in [-0.2, 0) is 9.53 Å². The van der Waals surface area contributed by atoms with Gasteiger partial charge in [-0.1, -0.05) is 18.2 Å². The van der Waals surface area contributed by atoms with E-state index in [-0.39, 0.29) is 23.8 Å². The zero-order chi connectivity index (χ0) is 16.4. The van der Waals surface area contributed by atoms with E-state index in [2.05, 4.69) is 5.32 Å². The molecule has 1 aromatic heterocycles. The van der Waals surface area contributed by atoms with Gasteiger partial charge in [0.15, 0.2) is 5.78 Å². The molecule has 0 unspecified atom stereocenters. The predicted molar refractivity (Wildman–Crippen MR) is 88.6 cm³/mol. The normalized spacial score (nSPS) is 19.0. The Kier molecular flexibility index (Phi) is 4.48. The number of fused-ring (bicyclic) bond motifs is 1. The molecular formula is C18H22N2O3. The second-order valence-corrected chi connectivity index (χ2v) is 6.08. The highest BCUT2D eigenvalue weighted by molar-refractivity contribution is 6.07. The van der Waals surface area contributed by atoms with Gasteiger partial charge in [0.25, 0.3) is 0 Å². The average molecular weight is 314 g/mol. The molecule has 1 saturated heterocycles. The molecular weight excluding hydrogens is 292 g/mol. The van der Waals surface area contributed by atoms with Crippen molar-refractivity contribution in [2.45, 2.75) is 38.8 Å². The SMILES string of the molecule is CC(=O)c1cn([C@@H](C)C(=O)NC[C@H]2CCCO2)c2ccccc12. The van der Waals surface area contributed by atoms with E-state index in [1.165, 1.54) is 0 Å². The predicted octanol–water partition coefficient (Wildman–Crippen LogP) is 2.70. The van der Waals surface area contributed by atoms with E-state index in [1.54, 1.807) is 13.1 Å². The lowest BCUT2D eigenvalue weighted by Gasteiger charge is -2.17. The molecule has 0 saturated carbocycles. The number of carbonyl (C=O) groups excluding carboxylic acids is 2. The van der Waals surface area contributed by atoms with Crippen LogP contribution in [0.25, 0.3) is 10.9 Å². The summed E-state index contributed by atoms with van der Waals surface area (Å²) >= 11 is 0. The number of ether oxygens (including phenoxy) is 1. The maximum Gasteiger partial charge on any atom is 0.242 e. The van der Waals surface area contributed by atoms with Crippen molar-refractivity contribution in [1.82, 2.24) is 9.88 Å². The van der Waals surface area contributed by atoms with E-state index in [9.17, 15) is 9.59 Å². The Morgan fingerprint density at radius 1 is 1.39 bits per heavy atom. The largest absolute Gasteiger partial charge is 0.376 e. The summed E-state index contributed by atoms with van der Waals surface area (Å²) in [6.45, 7) is 4.72. The Balaban J connectivity index is 1.81. The summed E-state index contributed by atoms with van der Waals surface area (Å²) in [4.78, 5) is 24.3. The van der Waals surface area contributed by atoms with Crippen LogP contribution in [0.4, 0.5) is 0 Å². The topological polar surface area (TPSA) is 60.3 Å². The van der Waals surface area contributed by atoms with E-state index in [0.29, 0.717) is 12.1 Å². The molecule has 3 rings (SSSR count). The summed E-state index contributed by atoms with van der Waals surface area (Å²) in [5, 5.41) is 3.84. The third-order valence-corrected chi connectivity index (χ3v) is 4.44. The Bertz CT molecular complexity index is 729. The van der Waals surface area contributed by atoms with Gasteiger partial charge in [-0.2, -0.15) is 0 Å². The molecule has 23 heavy (non-hydrogen) atoms. The quantitative estimate of drug-likeness (QED) is 0.863. The second-order valence-electron chi connectivity index (χ2n) is 6.08. The van der Waals surface area contributed by atoms with Crippen LogP contribution >= 0.6 is 0 Å². The maximum absolute atomic E-state index is 12.5. The minimum absolute atomic E-state index is 0.00640. The zero-order valence-electron chi connectivity index (χ0n) is 13.5. The third kappa shape index (κ3) is 3.15. The third-order valence-electron chi connectivity index (χ3n) is 4.44. The number of hydrogen-bond acceptors (Lipinski definition) is 3. The van der Waals surface area contributed by atoms with Crippen molar-refractivity contribution >= 4 is 22.6 Å². The Morgan fingerprint density at radius 2 is 2.17 bits per heavy atom. The molecule has 1 N–H and O–H groups in total. The minimum Gasteiger partial charge on any atom is -0.376 e. The molecule has 2 aromatic rings. The smallest absolute Gasteiger partial charge is 0.242 e. The van der Waals surface area contributed by atoms with Crippen molar-refractivity contribution in [3.63, 3.8) is 0 Å². The van der Waals surface area contributed by atoms with E-state index in [4.69, 9.17) is 4.74 Å². The minimum atomic E-state index is -0.380. The number of rotatable bonds is 5. The number of nitrogens with one attached hydrogen (secondary N) is 1. The van der Waals surface area contributed by atoms with Crippen LogP contribution < -0.4 is 5.32 Å². The van der Waals surface area contributed by atoms with Gasteiger partial charge in [-0.05, 0) is 32.8 Å². The molecule has 122 valence electrons. The zero-order valence-corrected chi connectivity index (χ0v) is 13.5. The average Bonchev–Trinajstić information content (AvgIpc) is 3.19. The van der Waals surface area contributed by atoms with E-state index in [0.717, 1.165) is 30.4 Å². The van der Waals surface area contributed by atoms with Crippen molar-refractivity contribution in [3.8, 4) is 0 Å². The van der Waals surface area contributed by atoms with Crippen LogP contribution in [0.3, 0.4) is 0 Å². The molecule has 0 radical (unpaired) electrons. The van der Waals surface area contributed by atoms with Crippen LogP contribution in [0.2, 0.25) is 0 Å². The molecule has 0 aliphatic carbocycles. The van der Waals surface area contributed by atoms with Crippen LogP contribution in [0, 0.1) is 0 Å². The van der Waals surface area contributed by atoms with Gasteiger partial charge in [0.2, 0.25) is 5.91 Å². The number of carbonyl (C=O) groups is 2. The molecule has 0 spiro atoms. The van der Waals surface area contributed by atoms with Crippen molar-refractivity contribution < 1.29 is 14.3 Å². The molecule has 2 heterocycles. The number of nitrogens with zero attached hydrogens (tertiary/aromatic N) is 1. The lowest BCUT2D eigenvalue weighted by molar-refractivity contribution is -0.124. The summed E-state index contributed by atoms with van der Waals surface area (Å²) < 4.78 is 7.40. The highest BCUT2D eigenvalue weighted by atomic mass is 16.5. The fourth-order valence-corrected chi connectivity index (χ4v) is 3.10. The number of benzene rings is 1. The number of amides is 1. The second kappa shape index (κ2) is 6.54. The molecule has 5 heteroatoms. The Morgan fingerprint density at radius 3 is 2.87 bits per heavy atom. The van der Waals surface area contributed by atoms with Crippen molar-refractivity contribution in [1.29, 1.82) is 0 Å². The first-order chi connectivity index (χ1) is 11.1. The molecule has 1 aliphatic heterocycles. The van der Waals surface area contributed by atoms with Crippen LogP contribution in [0.5, 0.6) is 0 Å². The van der Waals surface area contributed by atoms with Gasteiger partial charge in [-0.25, -0.2) is 0 Å². The Hall–Kier alpha value is -2.14. The van der Waals surface area contributed by atoms with Gasteiger partial charge in [0.1, 0.15) is 6.04 Å². The standard InChI is InChI=1S/C18H22N2O3/c1-12(18(22)19-10-14-6-5-9-23-14)20-11-16(13(2)21)15-7-3-4-8-17(15)20/h3-4,7-8,11-12,14H,5-6,9-10H2,1-2H3,(H,19,22)/t12-,14+/m0/s1. The van der Waals surface area contributed by atoms with Crippen molar-refractivity contribution in [3.05, 3.63) is 36.0 Å². The van der Waals surface area contributed by atoms with Gasteiger partial charge in [0.05, 0.1) is 6.10 Å². The fraction of sp³-hybridized carbons (Fsp3) is 0.444. The first kappa shape index (κ1) is 15.7. The summed E-state index contributed by atoms with van der Waals surface area (Å²) in [6, 6.07) is 7.29. The molecule has 0 bridgehead atoms. The molecule has 2 atom stereocenters. The van der Waals surface area contributed by atoms with Gasteiger partial charge in [-0.15, -0.1) is 0 Å². The van der Waals surface area contributed by atoms with Crippen LogP contribution in [-0.4, -0.2) is 35.5 Å². The Labute approximate surface area is 135 Å². The number of ketones is 1. The van der Waals surface area contributed by atoms with E-state index >= 15 is 0 Å². The van der Waals surface area contributed by atoms with E-state index in [1.807, 2.05) is 35.8 Å². The van der Waals surface area contributed by atoms with Gasteiger partial charge in [-0.3, -0.25) is 9.59 Å². The lowest BCUT2D eigenvalue weighted by atomic mass is 10.1. The first-order valence-corrected chi connectivity index (χ1v) is 8.07. The summed E-state index contributed by atoms with van der Waals surface area (Å²) in [5.74, 6) is -0.0525. The van der Waals surface area contributed by atoms with Gasteiger partial charge >= 0.3 is 0 Å². The molecule has 1 amide bonds. The number of para-hydroxylation sites is 1. The number of hydrogen-bond donors (Lipinski definition) is 1. The number of aromatic nitrogens is 1. The maximum atomic E-state index is 12.5. The fourth-order valence-electron chi connectivity index (χ4n) is 3.10. The molecule has 1 fully saturated rings. The van der Waals surface area contributed by atoms with Gasteiger partial charge < -0.3 is 14.6 Å². The monoisotopic (exact) mass is 314 g/mol. The first-order valence-electron chi connectivity index (χ1n) is 8.07. The molecule has 1 aromatic carbocycles. The highest BCUT2D eigenvalue weighted by Crippen LogP contribution is 2.25. The highest BCUT2D eigenvalue weighted by Gasteiger charge is 2.22. The van der Waals surface area contributed by atoms with E-state index < -0.39 is 0 Å². The van der Waals surface area contributed by atoms with Crippen molar-refractivity contribution in [2.75, 3.05) is 13.2 Å².